The molecule has 116 valence electrons. The van der Waals surface area contributed by atoms with Crippen molar-refractivity contribution < 1.29 is 9.47 Å². The molecule has 0 saturated heterocycles. The van der Waals surface area contributed by atoms with Gasteiger partial charge in [0.2, 0.25) is 0 Å². The second-order valence-corrected chi connectivity index (χ2v) is 5.73. The van der Waals surface area contributed by atoms with Crippen LogP contribution in [0.2, 0.25) is 0 Å². The first-order chi connectivity index (χ1) is 9.53. The van der Waals surface area contributed by atoms with Gasteiger partial charge < -0.3 is 14.8 Å². The SMILES string of the molecule is COCCOCCCCn1nnnc1CNC(C)(C)C. The first kappa shape index (κ1) is 17.0. The normalized spacial score (nSPS) is 12.0. The molecule has 1 heterocycles. The summed E-state index contributed by atoms with van der Waals surface area (Å²) in [5.74, 6) is 0.875. The Morgan fingerprint density at radius 2 is 1.95 bits per heavy atom. The number of ether oxygens (including phenoxy) is 2. The van der Waals surface area contributed by atoms with Crippen molar-refractivity contribution in [2.75, 3.05) is 26.9 Å². The average Bonchev–Trinajstić information content (AvgIpc) is 2.82. The van der Waals surface area contributed by atoms with E-state index in [4.69, 9.17) is 9.47 Å². The van der Waals surface area contributed by atoms with Gasteiger partial charge in [-0.3, -0.25) is 0 Å². The van der Waals surface area contributed by atoms with E-state index in [0.29, 0.717) is 19.8 Å². The first-order valence-electron chi connectivity index (χ1n) is 7.09. The lowest BCUT2D eigenvalue weighted by molar-refractivity contribution is 0.0683. The topological polar surface area (TPSA) is 74.1 Å². The summed E-state index contributed by atoms with van der Waals surface area (Å²) < 4.78 is 12.2. The summed E-state index contributed by atoms with van der Waals surface area (Å²) in [4.78, 5) is 0. The minimum Gasteiger partial charge on any atom is -0.382 e. The number of tetrazole rings is 1. The highest BCUT2D eigenvalue weighted by atomic mass is 16.5. The van der Waals surface area contributed by atoms with Crippen molar-refractivity contribution in [2.45, 2.75) is 52.2 Å². The molecule has 1 aromatic heterocycles. The molecule has 0 spiro atoms. The largest absolute Gasteiger partial charge is 0.382 e. The van der Waals surface area contributed by atoms with Crippen LogP contribution in [0, 0.1) is 0 Å². The van der Waals surface area contributed by atoms with Gasteiger partial charge in [0.05, 0.1) is 19.8 Å². The molecule has 1 N–H and O–H groups in total. The predicted octanol–water partition coefficient (Wildman–Crippen LogP) is 1.00. The van der Waals surface area contributed by atoms with Crippen LogP contribution in [0.3, 0.4) is 0 Å². The second-order valence-electron chi connectivity index (χ2n) is 5.73. The van der Waals surface area contributed by atoms with E-state index in [9.17, 15) is 0 Å². The summed E-state index contributed by atoms with van der Waals surface area (Å²) in [6, 6.07) is 0. The van der Waals surface area contributed by atoms with Crippen molar-refractivity contribution in [1.29, 1.82) is 0 Å². The third kappa shape index (κ3) is 7.52. The van der Waals surface area contributed by atoms with Crippen LogP contribution < -0.4 is 5.32 Å². The van der Waals surface area contributed by atoms with Crippen LogP contribution in [0.15, 0.2) is 0 Å². The van der Waals surface area contributed by atoms with E-state index >= 15 is 0 Å². The molecule has 0 aliphatic rings. The molecule has 0 aromatic carbocycles. The van der Waals surface area contributed by atoms with Crippen molar-refractivity contribution in [1.82, 2.24) is 25.5 Å². The molecule has 0 fully saturated rings. The van der Waals surface area contributed by atoms with E-state index in [-0.39, 0.29) is 5.54 Å². The van der Waals surface area contributed by atoms with E-state index in [1.807, 2.05) is 4.68 Å². The van der Waals surface area contributed by atoms with Crippen LogP contribution in [0.1, 0.15) is 39.4 Å². The zero-order valence-electron chi connectivity index (χ0n) is 13.1. The van der Waals surface area contributed by atoms with Gasteiger partial charge in [-0.25, -0.2) is 4.68 Å². The zero-order chi connectivity index (χ0) is 14.8. The molecule has 0 bridgehead atoms. The maximum atomic E-state index is 5.42. The molecular weight excluding hydrogens is 258 g/mol. The van der Waals surface area contributed by atoms with E-state index in [1.54, 1.807) is 7.11 Å². The second kappa shape index (κ2) is 8.99. The van der Waals surface area contributed by atoms with Crippen molar-refractivity contribution in [3.05, 3.63) is 5.82 Å². The number of hydrogen-bond acceptors (Lipinski definition) is 6. The lowest BCUT2D eigenvalue weighted by Gasteiger charge is -2.19. The van der Waals surface area contributed by atoms with Crippen LogP contribution in [-0.2, 0) is 22.6 Å². The van der Waals surface area contributed by atoms with Crippen LogP contribution in [0.4, 0.5) is 0 Å². The molecule has 1 rings (SSSR count). The van der Waals surface area contributed by atoms with Gasteiger partial charge in [0.15, 0.2) is 5.82 Å². The standard InChI is InChI=1S/C13H27N5O2/c1-13(2,3)14-11-12-15-16-17-18(12)7-5-6-8-20-10-9-19-4/h14H,5-11H2,1-4H3. The summed E-state index contributed by atoms with van der Waals surface area (Å²) in [7, 11) is 1.67. The Morgan fingerprint density at radius 3 is 2.65 bits per heavy atom. The molecule has 0 saturated carbocycles. The predicted molar refractivity (Wildman–Crippen MR) is 76.3 cm³/mol. The third-order valence-electron chi connectivity index (χ3n) is 2.72. The summed E-state index contributed by atoms with van der Waals surface area (Å²) in [5.41, 5.74) is 0.0615. The fourth-order valence-electron chi connectivity index (χ4n) is 1.58. The summed E-state index contributed by atoms with van der Waals surface area (Å²) >= 11 is 0. The maximum Gasteiger partial charge on any atom is 0.165 e. The third-order valence-corrected chi connectivity index (χ3v) is 2.72. The maximum absolute atomic E-state index is 5.42. The van der Waals surface area contributed by atoms with Gasteiger partial charge in [-0.2, -0.15) is 0 Å². The van der Waals surface area contributed by atoms with Crippen molar-refractivity contribution >= 4 is 0 Å². The van der Waals surface area contributed by atoms with Gasteiger partial charge in [0, 0.05) is 25.8 Å². The van der Waals surface area contributed by atoms with Crippen LogP contribution in [0.25, 0.3) is 0 Å². The van der Waals surface area contributed by atoms with Gasteiger partial charge >= 0.3 is 0 Å². The van der Waals surface area contributed by atoms with Crippen molar-refractivity contribution in [2.24, 2.45) is 0 Å². The van der Waals surface area contributed by atoms with E-state index < -0.39 is 0 Å². The molecule has 1 aromatic rings. The number of nitrogens with zero attached hydrogens (tertiary/aromatic N) is 4. The molecule has 0 radical (unpaired) electrons. The highest BCUT2D eigenvalue weighted by Crippen LogP contribution is 2.02. The fraction of sp³-hybridized carbons (Fsp3) is 0.923. The molecule has 20 heavy (non-hydrogen) atoms. The number of hydrogen-bond donors (Lipinski definition) is 1. The average molecular weight is 285 g/mol. The Kier molecular flexibility index (Phi) is 7.64. The number of aromatic nitrogens is 4. The van der Waals surface area contributed by atoms with E-state index in [1.165, 1.54) is 0 Å². The van der Waals surface area contributed by atoms with E-state index in [0.717, 1.165) is 31.8 Å². The first-order valence-corrected chi connectivity index (χ1v) is 7.09. The van der Waals surface area contributed by atoms with Crippen molar-refractivity contribution in [3.63, 3.8) is 0 Å². The minimum absolute atomic E-state index is 0.0615. The Hall–Kier alpha value is -1.05. The van der Waals surface area contributed by atoms with Gasteiger partial charge in [-0.15, -0.1) is 5.10 Å². The quantitative estimate of drug-likeness (QED) is 0.647. The fourth-order valence-corrected chi connectivity index (χ4v) is 1.58. The smallest absolute Gasteiger partial charge is 0.165 e. The molecule has 7 heteroatoms. The number of rotatable bonds is 10. The molecular formula is C13H27N5O2. The van der Waals surface area contributed by atoms with Gasteiger partial charge in [-0.05, 0) is 44.0 Å². The molecule has 0 amide bonds. The van der Waals surface area contributed by atoms with E-state index in [2.05, 4.69) is 41.6 Å². The molecule has 0 aliphatic heterocycles. The van der Waals surface area contributed by atoms with Gasteiger partial charge in [0.1, 0.15) is 0 Å². The molecule has 0 unspecified atom stereocenters. The van der Waals surface area contributed by atoms with Crippen LogP contribution >= 0.6 is 0 Å². The summed E-state index contributed by atoms with van der Waals surface area (Å²) in [6.45, 7) is 9.93. The minimum atomic E-state index is 0.0615. The summed E-state index contributed by atoms with van der Waals surface area (Å²) in [5, 5.41) is 15.2. The Bertz CT molecular complexity index is 362. The highest BCUT2D eigenvalue weighted by Gasteiger charge is 2.12. The zero-order valence-corrected chi connectivity index (χ0v) is 13.1. The molecule has 7 nitrogen and oxygen atoms in total. The van der Waals surface area contributed by atoms with Crippen LogP contribution in [-0.4, -0.2) is 52.7 Å². The number of nitrogens with one attached hydrogen (secondary N) is 1. The lowest BCUT2D eigenvalue weighted by Crippen LogP contribution is -2.36. The Balaban J connectivity index is 2.19. The van der Waals surface area contributed by atoms with Crippen molar-refractivity contribution in [3.8, 4) is 0 Å². The Morgan fingerprint density at radius 1 is 1.15 bits per heavy atom. The monoisotopic (exact) mass is 285 g/mol. The Labute approximate surface area is 121 Å². The number of unbranched alkanes of at least 4 members (excludes halogenated alkanes) is 1. The number of aryl methyl sites for hydroxylation is 1. The van der Waals surface area contributed by atoms with Gasteiger partial charge in [0.25, 0.3) is 0 Å². The van der Waals surface area contributed by atoms with Gasteiger partial charge in [-0.1, -0.05) is 0 Å². The van der Waals surface area contributed by atoms with Crippen LogP contribution in [0.5, 0.6) is 0 Å². The molecule has 0 atom stereocenters. The molecule has 0 aliphatic carbocycles. The summed E-state index contributed by atoms with van der Waals surface area (Å²) in [6.07, 6.45) is 2.00. The lowest BCUT2D eigenvalue weighted by atomic mass is 10.1. The number of methoxy groups -OCH3 is 1. The highest BCUT2D eigenvalue weighted by molar-refractivity contribution is 4.83.